The zero-order valence-electron chi connectivity index (χ0n) is 14.9. The van der Waals surface area contributed by atoms with Gasteiger partial charge in [0.15, 0.2) is 11.8 Å². The van der Waals surface area contributed by atoms with Crippen LogP contribution in [0.4, 0.5) is 5.95 Å². The Hall–Kier alpha value is -1.54. The standard InChI is InChI=1S/C10H16N5O13P3/c1-2-10(12)6(16)5(26-7(10)15-4-13-8(11)14-9(15)17)3-25-30(21,22)28-31(23,24)27-29(18,19)20/h1,4-7,16H,3,12H2,(H,21,22)(H,23,24)(H2,11,14,17)(H2,18,19,20)/t5-,6?,7-,10-/m1/s1. The minimum Gasteiger partial charge on any atom is -0.387 e. The van der Waals surface area contributed by atoms with E-state index in [2.05, 4.69) is 23.1 Å². The summed E-state index contributed by atoms with van der Waals surface area (Å²) in [6.45, 7) is -1.06. The molecule has 9 N–H and O–H groups in total. The fraction of sp³-hybridized carbons (Fsp3) is 0.500. The number of hydrogen-bond donors (Lipinski definition) is 7. The molecule has 0 aromatic carbocycles. The predicted molar refractivity (Wildman–Crippen MR) is 96.2 cm³/mol. The number of anilines is 1. The highest BCUT2D eigenvalue weighted by molar-refractivity contribution is 7.66. The minimum atomic E-state index is -5.75. The van der Waals surface area contributed by atoms with Crippen LogP contribution in [0.25, 0.3) is 0 Å². The number of nitrogens with zero attached hydrogens (tertiary/aromatic N) is 3. The number of nitrogens with two attached hydrogens (primary N) is 2. The van der Waals surface area contributed by atoms with Crippen LogP contribution in [0.5, 0.6) is 0 Å². The normalized spacial score (nSPS) is 30.3. The van der Waals surface area contributed by atoms with Gasteiger partial charge in [-0.3, -0.25) is 9.09 Å². The number of nitrogen functional groups attached to an aromatic ring is 1. The van der Waals surface area contributed by atoms with Gasteiger partial charge in [0.25, 0.3) is 0 Å². The third-order valence-electron chi connectivity index (χ3n) is 3.62. The van der Waals surface area contributed by atoms with Crippen LogP contribution in [0.15, 0.2) is 11.1 Å². The molecule has 18 nitrogen and oxygen atoms in total. The molecular formula is C10H16N5O13P3. The summed E-state index contributed by atoms with van der Waals surface area (Å²) in [5.41, 5.74) is 8.08. The maximum Gasteiger partial charge on any atom is 0.490 e. The first-order chi connectivity index (χ1) is 14.0. The Morgan fingerprint density at radius 3 is 2.39 bits per heavy atom. The van der Waals surface area contributed by atoms with Gasteiger partial charge in [0, 0.05) is 0 Å². The number of rotatable bonds is 8. The summed E-state index contributed by atoms with van der Waals surface area (Å²) >= 11 is 0. The van der Waals surface area contributed by atoms with E-state index in [1.54, 1.807) is 0 Å². The molecular weight excluding hydrogens is 491 g/mol. The molecule has 21 heteroatoms. The monoisotopic (exact) mass is 507 g/mol. The number of phosphoric ester groups is 1. The van der Waals surface area contributed by atoms with E-state index in [0.29, 0.717) is 4.57 Å². The average Bonchev–Trinajstić information content (AvgIpc) is 2.82. The van der Waals surface area contributed by atoms with Gasteiger partial charge in [0.2, 0.25) is 5.95 Å². The largest absolute Gasteiger partial charge is 0.490 e. The second-order valence-corrected chi connectivity index (χ2v) is 10.3. The first kappa shape index (κ1) is 25.7. The van der Waals surface area contributed by atoms with E-state index in [1.165, 1.54) is 0 Å². The molecule has 1 aliphatic rings. The van der Waals surface area contributed by atoms with Crippen molar-refractivity contribution < 1.29 is 56.3 Å². The molecule has 2 heterocycles. The summed E-state index contributed by atoms with van der Waals surface area (Å²) in [5, 5.41) is 10.4. The molecule has 0 radical (unpaired) electrons. The van der Waals surface area contributed by atoms with Gasteiger partial charge in [-0.15, -0.1) is 6.42 Å². The Bertz CT molecular complexity index is 1080. The summed E-state index contributed by atoms with van der Waals surface area (Å²) in [6.07, 6.45) is 1.15. The zero-order valence-corrected chi connectivity index (χ0v) is 17.6. The Balaban J connectivity index is 2.18. The summed E-state index contributed by atoms with van der Waals surface area (Å²) < 4.78 is 51.2. The van der Waals surface area contributed by atoms with Crippen molar-refractivity contribution in [3.63, 3.8) is 0 Å². The second kappa shape index (κ2) is 8.77. The molecule has 1 fully saturated rings. The van der Waals surface area contributed by atoms with Gasteiger partial charge in [-0.25, -0.2) is 23.5 Å². The molecule has 0 aliphatic carbocycles. The summed E-state index contributed by atoms with van der Waals surface area (Å²) in [4.78, 5) is 54.5. The van der Waals surface area contributed by atoms with Gasteiger partial charge < -0.3 is 40.9 Å². The lowest BCUT2D eigenvalue weighted by Gasteiger charge is -2.27. The highest BCUT2D eigenvalue weighted by atomic mass is 31.3. The van der Waals surface area contributed by atoms with E-state index in [4.69, 9.17) is 37.3 Å². The van der Waals surface area contributed by atoms with Gasteiger partial charge >= 0.3 is 29.2 Å². The SMILES string of the molecule is C#C[C@@]1(N)C(O)[C@@H](COP(=O)(O)OP(=O)(O)OP(=O)(O)O)O[C@H]1n1cnc(N)nc1=O. The van der Waals surface area contributed by atoms with Crippen molar-refractivity contribution in [1.29, 1.82) is 0 Å². The first-order valence-corrected chi connectivity index (χ1v) is 12.1. The van der Waals surface area contributed by atoms with Crippen LogP contribution >= 0.6 is 23.5 Å². The average molecular weight is 507 g/mol. The highest BCUT2D eigenvalue weighted by Gasteiger charge is 2.55. The van der Waals surface area contributed by atoms with Crippen LogP contribution in [0.3, 0.4) is 0 Å². The molecule has 1 aromatic heterocycles. The van der Waals surface area contributed by atoms with Gasteiger partial charge in [0.05, 0.1) is 6.61 Å². The maximum absolute atomic E-state index is 12.0. The number of phosphoric acid groups is 3. The van der Waals surface area contributed by atoms with E-state index >= 15 is 0 Å². The summed E-state index contributed by atoms with van der Waals surface area (Å²) in [7, 11) is -16.8. The highest BCUT2D eigenvalue weighted by Crippen LogP contribution is 2.66. The zero-order chi connectivity index (χ0) is 23.8. The molecule has 6 atom stereocenters. The van der Waals surface area contributed by atoms with Crippen molar-refractivity contribution in [1.82, 2.24) is 14.5 Å². The molecule has 0 spiro atoms. The van der Waals surface area contributed by atoms with E-state index < -0.39 is 59.7 Å². The fourth-order valence-electron chi connectivity index (χ4n) is 2.38. The molecule has 3 unspecified atom stereocenters. The molecule has 0 saturated carbocycles. The Labute approximate surface area is 172 Å². The molecule has 0 amide bonds. The van der Waals surface area contributed by atoms with Crippen molar-refractivity contribution in [3.05, 3.63) is 16.8 Å². The predicted octanol–water partition coefficient (Wildman–Crippen LogP) is -2.85. The molecule has 174 valence electrons. The van der Waals surface area contributed by atoms with Gasteiger partial charge in [-0.1, -0.05) is 5.92 Å². The van der Waals surface area contributed by atoms with E-state index in [9.17, 15) is 28.5 Å². The summed E-state index contributed by atoms with van der Waals surface area (Å²) in [6, 6.07) is 0. The van der Waals surface area contributed by atoms with Crippen LogP contribution in [0.1, 0.15) is 6.23 Å². The first-order valence-electron chi connectivity index (χ1n) is 7.59. The van der Waals surface area contributed by atoms with Crippen LogP contribution in [0.2, 0.25) is 0 Å². The van der Waals surface area contributed by atoms with Gasteiger partial charge in [-0.05, 0) is 0 Å². The Morgan fingerprint density at radius 2 is 1.87 bits per heavy atom. The van der Waals surface area contributed by atoms with Crippen LogP contribution < -0.4 is 17.2 Å². The molecule has 1 aromatic rings. The quantitative estimate of drug-likeness (QED) is 0.138. The van der Waals surface area contributed by atoms with Crippen molar-refractivity contribution in [3.8, 4) is 12.3 Å². The van der Waals surface area contributed by atoms with E-state index in [0.717, 1.165) is 6.33 Å². The van der Waals surface area contributed by atoms with E-state index in [1.807, 2.05) is 5.92 Å². The molecule has 1 aliphatic heterocycles. The number of aromatic nitrogens is 3. The minimum absolute atomic E-state index is 0.382. The third kappa shape index (κ3) is 6.25. The smallest absolute Gasteiger partial charge is 0.387 e. The fourth-order valence-corrected chi connectivity index (χ4v) is 5.41. The summed E-state index contributed by atoms with van der Waals surface area (Å²) in [5.74, 6) is 1.64. The lowest BCUT2D eigenvalue weighted by Crippen LogP contribution is -2.55. The van der Waals surface area contributed by atoms with Crippen molar-refractivity contribution in [2.75, 3.05) is 12.3 Å². The van der Waals surface area contributed by atoms with E-state index in [-0.39, 0.29) is 5.95 Å². The van der Waals surface area contributed by atoms with Crippen molar-refractivity contribution in [2.24, 2.45) is 5.73 Å². The van der Waals surface area contributed by atoms with Crippen LogP contribution in [-0.2, 0) is 31.6 Å². The lowest BCUT2D eigenvalue weighted by atomic mass is 9.92. The Kier molecular flexibility index (Phi) is 7.28. The topological polar surface area (TPSA) is 289 Å². The molecule has 2 rings (SSSR count). The molecule has 31 heavy (non-hydrogen) atoms. The number of hydrogen-bond acceptors (Lipinski definition) is 13. The molecule has 1 saturated heterocycles. The second-order valence-electron chi connectivity index (χ2n) is 5.84. The Morgan fingerprint density at radius 1 is 1.26 bits per heavy atom. The van der Waals surface area contributed by atoms with Crippen LogP contribution in [0, 0.1) is 12.3 Å². The number of ether oxygens (including phenoxy) is 1. The van der Waals surface area contributed by atoms with Crippen molar-refractivity contribution >= 4 is 29.4 Å². The van der Waals surface area contributed by atoms with Gasteiger partial charge in [-0.2, -0.15) is 13.6 Å². The van der Waals surface area contributed by atoms with Gasteiger partial charge in [0.1, 0.15) is 18.5 Å². The maximum atomic E-state index is 12.0. The van der Waals surface area contributed by atoms with Crippen LogP contribution in [-0.4, -0.2) is 63.6 Å². The van der Waals surface area contributed by atoms with Crippen molar-refractivity contribution in [2.45, 2.75) is 24.0 Å². The lowest BCUT2D eigenvalue weighted by molar-refractivity contribution is -0.0471. The third-order valence-corrected chi connectivity index (χ3v) is 7.42. The number of aliphatic hydroxyl groups is 1. The number of aliphatic hydroxyl groups excluding tert-OH is 1. The molecule has 0 bridgehead atoms. The number of terminal acetylenes is 1.